The Bertz CT molecular complexity index is 512. The van der Waals surface area contributed by atoms with Gasteiger partial charge in [0.2, 0.25) is 0 Å². The first-order valence-electron chi connectivity index (χ1n) is 5.63. The van der Waals surface area contributed by atoms with Gasteiger partial charge in [-0.1, -0.05) is 48.0 Å². The van der Waals surface area contributed by atoms with E-state index < -0.39 is 0 Å². The van der Waals surface area contributed by atoms with Crippen molar-refractivity contribution in [3.05, 3.63) is 59.1 Å². The molecular formula is C15H16ClN. The maximum atomic E-state index is 6.20. The third kappa shape index (κ3) is 2.68. The lowest BCUT2D eigenvalue weighted by molar-refractivity contribution is 0.556. The Hall–Kier alpha value is -1.31. The van der Waals surface area contributed by atoms with Crippen LogP contribution < -0.4 is 5.73 Å². The summed E-state index contributed by atoms with van der Waals surface area (Å²) in [6, 6.07) is 16.0. The van der Waals surface area contributed by atoms with Crippen LogP contribution in [0.4, 0.5) is 0 Å². The SMILES string of the molecule is CC(C)(N)c1ccc(Cl)cc1-c1ccccc1. The summed E-state index contributed by atoms with van der Waals surface area (Å²) >= 11 is 6.08. The van der Waals surface area contributed by atoms with E-state index in [0.717, 1.165) is 21.7 Å². The van der Waals surface area contributed by atoms with Crippen molar-refractivity contribution in [1.82, 2.24) is 0 Å². The highest BCUT2D eigenvalue weighted by atomic mass is 35.5. The minimum atomic E-state index is -0.379. The maximum absolute atomic E-state index is 6.20. The summed E-state index contributed by atoms with van der Waals surface area (Å²) < 4.78 is 0. The van der Waals surface area contributed by atoms with Gasteiger partial charge in [0, 0.05) is 10.6 Å². The molecule has 0 saturated carbocycles. The topological polar surface area (TPSA) is 26.0 Å². The molecule has 0 spiro atoms. The van der Waals surface area contributed by atoms with Crippen LogP contribution in [0.2, 0.25) is 5.02 Å². The minimum absolute atomic E-state index is 0.379. The van der Waals surface area contributed by atoms with E-state index in [2.05, 4.69) is 12.1 Å². The molecule has 0 unspecified atom stereocenters. The molecule has 88 valence electrons. The third-order valence-corrected chi connectivity index (χ3v) is 3.00. The highest BCUT2D eigenvalue weighted by Crippen LogP contribution is 2.32. The lowest BCUT2D eigenvalue weighted by atomic mass is 9.88. The second kappa shape index (κ2) is 4.52. The van der Waals surface area contributed by atoms with Crippen LogP contribution in [-0.2, 0) is 5.54 Å². The van der Waals surface area contributed by atoms with Crippen molar-refractivity contribution in [3.63, 3.8) is 0 Å². The first-order valence-corrected chi connectivity index (χ1v) is 6.00. The average Bonchev–Trinajstić information content (AvgIpc) is 2.28. The number of hydrogen-bond donors (Lipinski definition) is 1. The van der Waals surface area contributed by atoms with Crippen LogP contribution in [-0.4, -0.2) is 0 Å². The number of rotatable bonds is 2. The largest absolute Gasteiger partial charge is 0.322 e. The number of halogens is 1. The lowest BCUT2D eigenvalue weighted by Gasteiger charge is -2.23. The van der Waals surface area contributed by atoms with Gasteiger partial charge in [-0.2, -0.15) is 0 Å². The van der Waals surface area contributed by atoms with Gasteiger partial charge in [-0.05, 0) is 42.7 Å². The van der Waals surface area contributed by atoms with E-state index in [0.29, 0.717) is 0 Å². The highest BCUT2D eigenvalue weighted by molar-refractivity contribution is 6.30. The van der Waals surface area contributed by atoms with E-state index in [4.69, 9.17) is 17.3 Å². The molecule has 0 aliphatic carbocycles. The molecular weight excluding hydrogens is 230 g/mol. The van der Waals surface area contributed by atoms with Crippen molar-refractivity contribution in [2.75, 3.05) is 0 Å². The van der Waals surface area contributed by atoms with E-state index in [-0.39, 0.29) is 5.54 Å². The Morgan fingerprint density at radius 2 is 1.65 bits per heavy atom. The van der Waals surface area contributed by atoms with Gasteiger partial charge in [-0.3, -0.25) is 0 Å². The van der Waals surface area contributed by atoms with Crippen molar-refractivity contribution in [1.29, 1.82) is 0 Å². The first kappa shape index (κ1) is 12.2. The standard InChI is InChI=1S/C15H16ClN/c1-15(2,17)14-9-8-12(16)10-13(14)11-6-4-3-5-7-11/h3-10H,17H2,1-2H3. The molecule has 17 heavy (non-hydrogen) atoms. The van der Waals surface area contributed by atoms with Crippen LogP contribution in [0.15, 0.2) is 48.5 Å². The van der Waals surface area contributed by atoms with Crippen LogP contribution in [0.1, 0.15) is 19.4 Å². The molecule has 0 amide bonds. The van der Waals surface area contributed by atoms with E-state index in [1.54, 1.807) is 0 Å². The monoisotopic (exact) mass is 245 g/mol. The number of nitrogens with two attached hydrogens (primary N) is 1. The highest BCUT2D eigenvalue weighted by Gasteiger charge is 2.19. The zero-order valence-corrected chi connectivity index (χ0v) is 10.8. The van der Waals surface area contributed by atoms with E-state index in [9.17, 15) is 0 Å². The molecule has 2 aromatic rings. The van der Waals surface area contributed by atoms with Gasteiger partial charge in [-0.25, -0.2) is 0 Å². The Balaban J connectivity index is 2.64. The van der Waals surface area contributed by atoms with Gasteiger partial charge >= 0.3 is 0 Å². The van der Waals surface area contributed by atoms with Gasteiger partial charge in [0.05, 0.1) is 0 Å². The van der Waals surface area contributed by atoms with Crippen LogP contribution >= 0.6 is 11.6 Å². The molecule has 0 aliphatic rings. The summed E-state index contributed by atoms with van der Waals surface area (Å²) in [4.78, 5) is 0. The molecule has 2 heteroatoms. The predicted molar refractivity (Wildman–Crippen MR) is 74.1 cm³/mol. The summed E-state index contributed by atoms with van der Waals surface area (Å²) in [5.41, 5.74) is 9.17. The molecule has 0 atom stereocenters. The fourth-order valence-electron chi connectivity index (χ4n) is 1.93. The Kier molecular flexibility index (Phi) is 3.23. The van der Waals surface area contributed by atoms with Gasteiger partial charge < -0.3 is 5.73 Å². The summed E-state index contributed by atoms with van der Waals surface area (Å²) in [7, 11) is 0. The maximum Gasteiger partial charge on any atom is 0.0412 e. The Morgan fingerprint density at radius 1 is 1.00 bits per heavy atom. The number of hydrogen-bond acceptors (Lipinski definition) is 1. The molecule has 0 aromatic heterocycles. The van der Waals surface area contributed by atoms with Crippen molar-refractivity contribution < 1.29 is 0 Å². The summed E-state index contributed by atoms with van der Waals surface area (Å²) in [5, 5.41) is 0.733. The van der Waals surface area contributed by atoms with Crippen LogP contribution in [0.3, 0.4) is 0 Å². The van der Waals surface area contributed by atoms with Crippen LogP contribution in [0.5, 0.6) is 0 Å². The molecule has 0 heterocycles. The summed E-state index contributed by atoms with van der Waals surface area (Å²) in [6.07, 6.45) is 0. The normalized spacial score (nSPS) is 11.5. The molecule has 0 aliphatic heterocycles. The predicted octanol–water partition coefficient (Wildman–Crippen LogP) is 4.20. The van der Waals surface area contributed by atoms with Crippen LogP contribution in [0.25, 0.3) is 11.1 Å². The fraction of sp³-hybridized carbons (Fsp3) is 0.200. The number of benzene rings is 2. The minimum Gasteiger partial charge on any atom is -0.322 e. The van der Waals surface area contributed by atoms with Crippen molar-refractivity contribution >= 4 is 11.6 Å². The molecule has 2 rings (SSSR count). The van der Waals surface area contributed by atoms with Crippen molar-refractivity contribution in [2.45, 2.75) is 19.4 Å². The summed E-state index contributed by atoms with van der Waals surface area (Å²) in [6.45, 7) is 4.01. The van der Waals surface area contributed by atoms with Gasteiger partial charge in [0.25, 0.3) is 0 Å². The third-order valence-electron chi connectivity index (χ3n) is 2.76. The fourth-order valence-corrected chi connectivity index (χ4v) is 2.11. The van der Waals surface area contributed by atoms with E-state index >= 15 is 0 Å². The summed E-state index contributed by atoms with van der Waals surface area (Å²) in [5.74, 6) is 0. The zero-order valence-electron chi connectivity index (χ0n) is 10.1. The second-order valence-corrected chi connectivity index (χ2v) is 5.21. The van der Waals surface area contributed by atoms with E-state index in [1.807, 2.05) is 50.2 Å². The lowest BCUT2D eigenvalue weighted by Crippen LogP contribution is -2.29. The molecule has 2 aromatic carbocycles. The zero-order chi connectivity index (χ0) is 12.5. The molecule has 0 radical (unpaired) electrons. The van der Waals surface area contributed by atoms with E-state index in [1.165, 1.54) is 0 Å². The van der Waals surface area contributed by atoms with Gasteiger partial charge in [-0.15, -0.1) is 0 Å². The molecule has 0 saturated heterocycles. The Morgan fingerprint density at radius 3 is 2.24 bits per heavy atom. The van der Waals surface area contributed by atoms with Gasteiger partial charge in [0.1, 0.15) is 0 Å². The molecule has 0 fully saturated rings. The molecule has 0 bridgehead atoms. The smallest absolute Gasteiger partial charge is 0.0412 e. The Labute approximate surface area is 107 Å². The second-order valence-electron chi connectivity index (χ2n) is 4.78. The quantitative estimate of drug-likeness (QED) is 0.843. The average molecular weight is 246 g/mol. The van der Waals surface area contributed by atoms with Crippen molar-refractivity contribution in [3.8, 4) is 11.1 Å². The molecule has 1 nitrogen and oxygen atoms in total. The first-order chi connectivity index (χ1) is 7.98. The molecule has 2 N–H and O–H groups in total. The van der Waals surface area contributed by atoms with Gasteiger partial charge in [0.15, 0.2) is 0 Å². The van der Waals surface area contributed by atoms with Crippen molar-refractivity contribution in [2.24, 2.45) is 5.73 Å². The van der Waals surface area contributed by atoms with Crippen LogP contribution in [0, 0.1) is 0 Å².